The molecule has 0 saturated carbocycles. The number of aromatic nitrogens is 1. The van der Waals surface area contributed by atoms with Crippen LogP contribution in [0, 0.1) is 0 Å². The minimum absolute atomic E-state index is 0.00378. The van der Waals surface area contributed by atoms with Crippen molar-refractivity contribution in [3.63, 3.8) is 0 Å². The fourth-order valence-electron chi connectivity index (χ4n) is 2.09. The van der Waals surface area contributed by atoms with E-state index in [9.17, 15) is 9.90 Å². The molecule has 0 radical (unpaired) electrons. The minimum Gasteiger partial charge on any atom is -0.388 e. The lowest BCUT2D eigenvalue weighted by Crippen LogP contribution is -2.45. The molecule has 0 bridgehead atoms. The Balaban J connectivity index is 1.73. The Morgan fingerprint density at radius 2 is 2.17 bits per heavy atom. The van der Waals surface area contributed by atoms with E-state index in [2.05, 4.69) is 5.32 Å². The lowest BCUT2D eigenvalue weighted by Gasteiger charge is -2.32. The maximum atomic E-state index is 11.4. The summed E-state index contributed by atoms with van der Waals surface area (Å²) in [5.74, 6) is 0. The normalized spacial score (nSPS) is 18.7. The Kier molecular flexibility index (Phi) is 4.52. The number of rotatable bonds is 5. The van der Waals surface area contributed by atoms with Gasteiger partial charge in [0.15, 0.2) is 0 Å². The van der Waals surface area contributed by atoms with Crippen LogP contribution < -0.4 is 10.9 Å². The fraction of sp³-hybridized carbons (Fsp3) is 0.615. The second-order valence-electron chi connectivity index (χ2n) is 4.75. The van der Waals surface area contributed by atoms with Gasteiger partial charge < -0.3 is 19.7 Å². The van der Waals surface area contributed by atoms with E-state index in [4.69, 9.17) is 4.74 Å². The topological polar surface area (TPSA) is 63.5 Å². The Hall–Kier alpha value is -1.17. The van der Waals surface area contributed by atoms with E-state index >= 15 is 0 Å². The molecule has 18 heavy (non-hydrogen) atoms. The zero-order valence-electron chi connectivity index (χ0n) is 10.5. The van der Waals surface area contributed by atoms with Crippen LogP contribution in [0.1, 0.15) is 12.8 Å². The minimum atomic E-state index is -0.653. The Labute approximate surface area is 106 Å². The summed E-state index contributed by atoms with van der Waals surface area (Å²) in [7, 11) is 0. The number of hydrogen-bond acceptors (Lipinski definition) is 4. The molecule has 1 fully saturated rings. The molecule has 100 valence electrons. The molecular weight excluding hydrogens is 232 g/mol. The first-order valence-electron chi connectivity index (χ1n) is 6.36. The van der Waals surface area contributed by atoms with Crippen molar-refractivity contribution in [2.24, 2.45) is 0 Å². The summed E-state index contributed by atoms with van der Waals surface area (Å²) in [6.07, 6.45) is 3.11. The van der Waals surface area contributed by atoms with Gasteiger partial charge in [0.25, 0.3) is 5.56 Å². The van der Waals surface area contributed by atoms with Crippen molar-refractivity contribution in [3.8, 4) is 0 Å². The van der Waals surface area contributed by atoms with E-state index in [1.165, 1.54) is 0 Å². The van der Waals surface area contributed by atoms with Crippen molar-refractivity contribution in [1.29, 1.82) is 0 Å². The summed E-state index contributed by atoms with van der Waals surface area (Å²) in [4.78, 5) is 11.4. The number of ether oxygens (including phenoxy) is 1. The molecule has 0 atom stereocenters. The molecule has 2 heterocycles. The standard InChI is InChI=1S/C13H20N2O3/c16-12-3-1-2-7-15(12)8-6-14-11-13(17)4-9-18-10-5-13/h1-3,7,14,17H,4-6,8-11H2. The zero-order valence-corrected chi connectivity index (χ0v) is 10.5. The van der Waals surface area contributed by atoms with Gasteiger partial charge in [-0.05, 0) is 6.07 Å². The highest BCUT2D eigenvalue weighted by Gasteiger charge is 2.28. The number of hydrogen-bond donors (Lipinski definition) is 2. The second-order valence-corrected chi connectivity index (χ2v) is 4.75. The van der Waals surface area contributed by atoms with Crippen LogP contribution in [0.3, 0.4) is 0 Å². The molecule has 2 rings (SSSR count). The maximum absolute atomic E-state index is 11.4. The third-order valence-electron chi connectivity index (χ3n) is 3.31. The van der Waals surface area contributed by atoms with Gasteiger partial charge in [0.1, 0.15) is 0 Å². The predicted octanol–water partition coefficient (Wildman–Crippen LogP) is -0.0206. The molecule has 1 aliphatic heterocycles. The highest BCUT2D eigenvalue weighted by Crippen LogP contribution is 2.18. The molecule has 0 aromatic carbocycles. The molecule has 1 aromatic rings. The van der Waals surface area contributed by atoms with Crippen LogP contribution in [0.15, 0.2) is 29.2 Å². The van der Waals surface area contributed by atoms with Crippen LogP contribution in [-0.2, 0) is 11.3 Å². The molecular formula is C13H20N2O3. The Bertz CT molecular complexity index is 424. The van der Waals surface area contributed by atoms with E-state index < -0.39 is 5.60 Å². The van der Waals surface area contributed by atoms with Gasteiger partial charge in [0, 0.05) is 58.0 Å². The third-order valence-corrected chi connectivity index (χ3v) is 3.31. The summed E-state index contributed by atoms with van der Waals surface area (Å²) in [5, 5.41) is 13.4. The van der Waals surface area contributed by atoms with E-state index in [0.717, 1.165) is 0 Å². The third kappa shape index (κ3) is 3.66. The van der Waals surface area contributed by atoms with Crippen LogP contribution in [0.25, 0.3) is 0 Å². The lowest BCUT2D eigenvalue weighted by atomic mass is 9.94. The van der Waals surface area contributed by atoms with E-state index in [-0.39, 0.29) is 5.56 Å². The van der Waals surface area contributed by atoms with Crippen LogP contribution in [-0.4, -0.2) is 41.6 Å². The summed E-state index contributed by atoms with van der Waals surface area (Å²) >= 11 is 0. The smallest absolute Gasteiger partial charge is 0.250 e. The van der Waals surface area contributed by atoms with Crippen molar-refractivity contribution in [1.82, 2.24) is 9.88 Å². The van der Waals surface area contributed by atoms with Crippen molar-refractivity contribution < 1.29 is 9.84 Å². The van der Waals surface area contributed by atoms with Gasteiger partial charge in [-0.15, -0.1) is 0 Å². The summed E-state index contributed by atoms with van der Waals surface area (Å²) in [6, 6.07) is 5.12. The van der Waals surface area contributed by atoms with Crippen LogP contribution in [0.4, 0.5) is 0 Å². The Morgan fingerprint density at radius 1 is 1.39 bits per heavy atom. The van der Waals surface area contributed by atoms with Gasteiger partial charge in [-0.1, -0.05) is 6.07 Å². The van der Waals surface area contributed by atoms with E-state index in [1.807, 2.05) is 6.07 Å². The average molecular weight is 252 g/mol. The van der Waals surface area contributed by atoms with Gasteiger partial charge in [-0.25, -0.2) is 0 Å². The van der Waals surface area contributed by atoms with E-state index in [1.54, 1.807) is 22.9 Å². The number of aliphatic hydroxyl groups is 1. The highest BCUT2D eigenvalue weighted by molar-refractivity contribution is 4.93. The first kappa shape index (κ1) is 13.3. The first-order chi connectivity index (χ1) is 8.70. The SMILES string of the molecule is O=c1ccccn1CCNCC1(O)CCOCC1. The maximum Gasteiger partial charge on any atom is 0.250 e. The second kappa shape index (κ2) is 6.13. The van der Waals surface area contributed by atoms with Gasteiger partial charge in [-0.3, -0.25) is 4.79 Å². The molecule has 1 aromatic heterocycles. The van der Waals surface area contributed by atoms with Gasteiger partial charge in [-0.2, -0.15) is 0 Å². The quantitative estimate of drug-likeness (QED) is 0.723. The zero-order chi connectivity index (χ0) is 12.8. The lowest BCUT2D eigenvalue weighted by molar-refractivity contribution is -0.0615. The molecule has 1 aliphatic rings. The van der Waals surface area contributed by atoms with Gasteiger partial charge in [0.05, 0.1) is 5.60 Å². The van der Waals surface area contributed by atoms with Crippen molar-refractivity contribution in [2.75, 3.05) is 26.3 Å². The van der Waals surface area contributed by atoms with Crippen molar-refractivity contribution in [2.45, 2.75) is 25.0 Å². The molecule has 2 N–H and O–H groups in total. The van der Waals surface area contributed by atoms with Crippen LogP contribution in [0.5, 0.6) is 0 Å². The molecule has 0 unspecified atom stereocenters. The highest BCUT2D eigenvalue weighted by atomic mass is 16.5. The van der Waals surface area contributed by atoms with Gasteiger partial charge >= 0.3 is 0 Å². The monoisotopic (exact) mass is 252 g/mol. The van der Waals surface area contributed by atoms with Crippen molar-refractivity contribution in [3.05, 3.63) is 34.7 Å². The molecule has 5 nitrogen and oxygen atoms in total. The summed E-state index contributed by atoms with van der Waals surface area (Å²) < 4.78 is 6.88. The number of nitrogens with one attached hydrogen (secondary N) is 1. The molecule has 0 spiro atoms. The summed E-state index contributed by atoms with van der Waals surface area (Å²) in [5.41, 5.74) is -0.649. The molecule has 0 amide bonds. The largest absolute Gasteiger partial charge is 0.388 e. The van der Waals surface area contributed by atoms with Crippen LogP contribution >= 0.6 is 0 Å². The summed E-state index contributed by atoms with van der Waals surface area (Å²) in [6.45, 7) is 3.09. The first-order valence-corrected chi connectivity index (χ1v) is 6.36. The number of pyridine rings is 1. The predicted molar refractivity (Wildman–Crippen MR) is 68.6 cm³/mol. The average Bonchev–Trinajstić information content (AvgIpc) is 2.37. The van der Waals surface area contributed by atoms with Crippen molar-refractivity contribution >= 4 is 0 Å². The van der Waals surface area contributed by atoms with Gasteiger partial charge in [0.2, 0.25) is 0 Å². The molecule has 0 aliphatic carbocycles. The van der Waals surface area contributed by atoms with E-state index in [0.29, 0.717) is 45.7 Å². The molecule has 5 heteroatoms. The Morgan fingerprint density at radius 3 is 2.89 bits per heavy atom. The van der Waals surface area contributed by atoms with Crippen LogP contribution in [0.2, 0.25) is 0 Å². The molecule has 1 saturated heterocycles. The fourth-order valence-corrected chi connectivity index (χ4v) is 2.09. The number of nitrogens with zero attached hydrogens (tertiary/aromatic N) is 1.